The van der Waals surface area contributed by atoms with Crippen molar-refractivity contribution in [2.24, 2.45) is 0 Å². The Morgan fingerprint density at radius 1 is 1.65 bits per heavy atom. The number of rotatable bonds is 5. The topological polar surface area (TPSA) is 59.5 Å². The molecule has 1 aliphatic heterocycles. The number of thiazole rings is 1. The van der Waals surface area contributed by atoms with Gasteiger partial charge < -0.3 is 4.74 Å². The summed E-state index contributed by atoms with van der Waals surface area (Å²) in [6.45, 7) is 2.87. The van der Waals surface area contributed by atoms with E-state index in [1.807, 2.05) is 12.3 Å². The lowest BCUT2D eigenvalue weighted by Crippen LogP contribution is -2.32. The lowest BCUT2D eigenvalue weighted by atomic mass is 10.3. The van der Waals surface area contributed by atoms with Crippen molar-refractivity contribution in [2.45, 2.75) is 25.9 Å². The van der Waals surface area contributed by atoms with Gasteiger partial charge in [-0.25, -0.2) is 13.4 Å². The molecular formula is C10H16N2O3S2. The summed E-state index contributed by atoms with van der Waals surface area (Å²) in [5, 5.41) is 2.46. The summed E-state index contributed by atoms with van der Waals surface area (Å²) < 4.78 is 30.8. The van der Waals surface area contributed by atoms with Crippen LogP contribution in [-0.4, -0.2) is 42.7 Å². The van der Waals surface area contributed by atoms with Gasteiger partial charge in [0.1, 0.15) is 6.10 Å². The smallest absolute Gasteiger partial charge is 0.273 e. The summed E-state index contributed by atoms with van der Waals surface area (Å²) in [6.07, 6.45) is 3.01. The van der Waals surface area contributed by atoms with Gasteiger partial charge in [-0.3, -0.25) is 0 Å². The molecule has 0 amide bonds. The molecule has 0 spiro atoms. The van der Waals surface area contributed by atoms with Gasteiger partial charge in [-0.15, -0.1) is 0 Å². The van der Waals surface area contributed by atoms with Gasteiger partial charge in [-0.2, -0.15) is 4.31 Å². The van der Waals surface area contributed by atoms with E-state index in [-0.39, 0.29) is 11.9 Å². The molecule has 0 saturated carbocycles. The van der Waals surface area contributed by atoms with E-state index >= 15 is 0 Å². The molecule has 2 rings (SSSR count). The molecule has 1 aromatic rings. The van der Waals surface area contributed by atoms with Gasteiger partial charge in [0.25, 0.3) is 5.19 Å². The third kappa shape index (κ3) is 3.17. The fourth-order valence-electron chi connectivity index (χ4n) is 1.84. The minimum Gasteiger partial charge on any atom is -0.465 e. The van der Waals surface area contributed by atoms with Crippen molar-refractivity contribution in [1.29, 1.82) is 0 Å². The predicted molar refractivity (Wildman–Crippen MR) is 66.8 cm³/mol. The monoisotopic (exact) mass is 276 g/mol. The molecule has 2 heterocycles. The lowest BCUT2D eigenvalue weighted by molar-refractivity contribution is 0.214. The molecule has 1 aliphatic rings. The Balaban J connectivity index is 1.91. The van der Waals surface area contributed by atoms with Crippen LogP contribution in [0.2, 0.25) is 0 Å². The highest BCUT2D eigenvalue weighted by Crippen LogP contribution is 2.22. The number of hydrogen-bond acceptors (Lipinski definition) is 5. The molecule has 1 fully saturated rings. The van der Waals surface area contributed by atoms with Crippen LogP contribution < -0.4 is 4.74 Å². The number of ether oxygens (including phenoxy) is 1. The highest BCUT2D eigenvalue weighted by atomic mass is 32.2. The second-order valence-electron chi connectivity index (χ2n) is 4.00. The molecule has 1 aromatic heterocycles. The zero-order valence-corrected chi connectivity index (χ0v) is 11.3. The molecule has 0 aromatic carbocycles. The van der Waals surface area contributed by atoms with Crippen molar-refractivity contribution in [2.75, 3.05) is 18.8 Å². The van der Waals surface area contributed by atoms with Crippen LogP contribution in [0.1, 0.15) is 19.8 Å². The van der Waals surface area contributed by atoms with Gasteiger partial charge in [0.15, 0.2) is 0 Å². The van der Waals surface area contributed by atoms with E-state index in [1.165, 1.54) is 15.6 Å². The zero-order chi connectivity index (χ0) is 12.3. The van der Waals surface area contributed by atoms with Gasteiger partial charge in [0, 0.05) is 18.1 Å². The summed E-state index contributed by atoms with van der Waals surface area (Å²) >= 11 is 1.43. The first kappa shape index (κ1) is 12.8. The molecule has 1 atom stereocenters. The van der Waals surface area contributed by atoms with Gasteiger partial charge in [-0.1, -0.05) is 18.3 Å². The van der Waals surface area contributed by atoms with Crippen LogP contribution in [0.5, 0.6) is 5.19 Å². The Hall–Kier alpha value is -0.660. The maximum atomic E-state index is 11.8. The largest absolute Gasteiger partial charge is 0.465 e. The van der Waals surface area contributed by atoms with Crippen LogP contribution in [0.15, 0.2) is 11.6 Å². The van der Waals surface area contributed by atoms with Crippen LogP contribution in [-0.2, 0) is 10.0 Å². The van der Waals surface area contributed by atoms with Gasteiger partial charge in [0.2, 0.25) is 10.0 Å². The minimum atomic E-state index is -3.09. The van der Waals surface area contributed by atoms with Crippen molar-refractivity contribution in [3.63, 3.8) is 0 Å². The average molecular weight is 276 g/mol. The fourth-order valence-corrected chi connectivity index (χ4v) is 3.95. The highest BCUT2D eigenvalue weighted by molar-refractivity contribution is 7.89. The summed E-state index contributed by atoms with van der Waals surface area (Å²) in [5.41, 5.74) is 0. The number of sulfonamides is 1. The van der Waals surface area contributed by atoms with Crippen LogP contribution in [0, 0.1) is 0 Å². The Bertz CT molecular complexity index is 444. The average Bonchev–Trinajstić information content (AvgIpc) is 2.89. The Morgan fingerprint density at radius 2 is 2.47 bits per heavy atom. The second kappa shape index (κ2) is 5.32. The van der Waals surface area contributed by atoms with E-state index in [0.29, 0.717) is 24.7 Å². The molecule has 0 N–H and O–H groups in total. The predicted octanol–water partition coefficient (Wildman–Crippen LogP) is 1.34. The molecule has 1 saturated heterocycles. The quantitative estimate of drug-likeness (QED) is 0.814. The van der Waals surface area contributed by atoms with Crippen molar-refractivity contribution in [1.82, 2.24) is 9.29 Å². The summed E-state index contributed by atoms with van der Waals surface area (Å²) in [4.78, 5) is 4.03. The van der Waals surface area contributed by atoms with Crippen molar-refractivity contribution in [3.05, 3.63) is 11.6 Å². The normalized spacial score (nSPS) is 21.8. The molecule has 96 valence electrons. The van der Waals surface area contributed by atoms with Crippen molar-refractivity contribution < 1.29 is 13.2 Å². The third-order valence-corrected chi connectivity index (χ3v) is 5.34. The number of hydrogen-bond donors (Lipinski definition) is 0. The van der Waals surface area contributed by atoms with E-state index in [9.17, 15) is 8.42 Å². The van der Waals surface area contributed by atoms with E-state index in [2.05, 4.69) is 4.98 Å². The fraction of sp³-hybridized carbons (Fsp3) is 0.700. The number of aromatic nitrogens is 1. The van der Waals surface area contributed by atoms with E-state index in [1.54, 1.807) is 6.20 Å². The maximum absolute atomic E-state index is 11.8. The zero-order valence-electron chi connectivity index (χ0n) is 9.70. The first-order chi connectivity index (χ1) is 8.12. The molecular weight excluding hydrogens is 260 g/mol. The second-order valence-corrected chi connectivity index (χ2v) is 6.95. The molecule has 1 unspecified atom stereocenters. The maximum Gasteiger partial charge on any atom is 0.273 e. The van der Waals surface area contributed by atoms with Crippen LogP contribution in [0.25, 0.3) is 0 Å². The summed E-state index contributed by atoms with van der Waals surface area (Å²) in [5.74, 6) is 0.219. The lowest BCUT2D eigenvalue weighted by Gasteiger charge is -2.15. The third-order valence-electron chi connectivity index (χ3n) is 2.64. The van der Waals surface area contributed by atoms with E-state index in [4.69, 9.17) is 4.74 Å². The van der Waals surface area contributed by atoms with Gasteiger partial charge in [-0.05, 0) is 12.8 Å². The molecule has 17 heavy (non-hydrogen) atoms. The Labute approximate surface area is 105 Å². The molecule has 5 nitrogen and oxygen atoms in total. The minimum absolute atomic E-state index is 0.0622. The molecule has 0 radical (unpaired) electrons. The molecule has 0 aliphatic carbocycles. The Morgan fingerprint density at radius 3 is 3.12 bits per heavy atom. The summed E-state index contributed by atoms with van der Waals surface area (Å²) in [7, 11) is -3.09. The summed E-state index contributed by atoms with van der Waals surface area (Å²) in [6, 6.07) is 0. The van der Waals surface area contributed by atoms with Crippen molar-refractivity contribution in [3.8, 4) is 5.19 Å². The number of nitrogens with zero attached hydrogens (tertiary/aromatic N) is 2. The van der Waals surface area contributed by atoms with Crippen molar-refractivity contribution >= 4 is 21.4 Å². The Kier molecular flexibility index (Phi) is 4.01. The van der Waals surface area contributed by atoms with Crippen LogP contribution in [0.3, 0.4) is 0 Å². The first-order valence-electron chi connectivity index (χ1n) is 5.66. The van der Waals surface area contributed by atoms with Crippen LogP contribution >= 0.6 is 11.3 Å². The SMILES string of the molecule is CCCS(=O)(=O)N1CCC(Oc2nccs2)C1. The first-order valence-corrected chi connectivity index (χ1v) is 8.14. The van der Waals surface area contributed by atoms with Gasteiger partial charge >= 0.3 is 0 Å². The van der Waals surface area contributed by atoms with Crippen LogP contribution in [0.4, 0.5) is 0 Å². The standard InChI is InChI=1S/C10H16N2O3S2/c1-2-7-17(13,14)12-5-3-9(8-12)15-10-11-4-6-16-10/h4,6,9H,2-3,5,7-8H2,1H3. The highest BCUT2D eigenvalue weighted by Gasteiger charge is 2.32. The van der Waals surface area contributed by atoms with E-state index < -0.39 is 10.0 Å². The van der Waals surface area contributed by atoms with E-state index in [0.717, 1.165) is 6.42 Å². The van der Waals surface area contributed by atoms with Gasteiger partial charge in [0.05, 0.1) is 12.3 Å². The molecule has 0 bridgehead atoms. The molecule has 7 heteroatoms.